The Kier molecular flexibility index (Phi) is 7.88. The molecule has 0 radical (unpaired) electrons. The van der Waals surface area contributed by atoms with Gasteiger partial charge in [-0.05, 0) is 75.2 Å². The van der Waals surface area contributed by atoms with Crippen molar-refractivity contribution in [2.75, 3.05) is 13.1 Å². The molecule has 1 saturated heterocycles. The number of amides is 1. The van der Waals surface area contributed by atoms with Crippen LogP contribution >= 0.6 is 24.0 Å². The molecule has 0 spiro atoms. The van der Waals surface area contributed by atoms with Crippen LogP contribution in [0.4, 0.5) is 0 Å². The van der Waals surface area contributed by atoms with Gasteiger partial charge in [0.25, 0.3) is 5.91 Å². The first-order valence-corrected chi connectivity index (χ1v) is 9.20. The Morgan fingerprint density at radius 1 is 1.27 bits per heavy atom. The number of aromatic nitrogens is 1. The van der Waals surface area contributed by atoms with Gasteiger partial charge in [0, 0.05) is 22.8 Å². The lowest BCUT2D eigenvalue weighted by Gasteiger charge is -2.31. The predicted octanol–water partition coefficient (Wildman–Crippen LogP) is 4.25. The van der Waals surface area contributed by atoms with E-state index in [0.29, 0.717) is 17.1 Å². The van der Waals surface area contributed by atoms with E-state index < -0.39 is 0 Å². The molecule has 1 aliphatic rings. The topological polar surface area (TPSA) is 45.2 Å². The second kappa shape index (κ2) is 9.91. The largest absolute Gasteiger partial charge is 0.330 e. The van der Waals surface area contributed by atoms with E-state index in [2.05, 4.69) is 10.3 Å². The zero-order chi connectivity index (χ0) is 17.6. The second-order valence-electron chi connectivity index (χ2n) is 6.55. The molecule has 1 aromatic carbocycles. The third-order valence-corrected chi connectivity index (χ3v) is 5.13. The molecule has 1 unspecified atom stereocenters. The number of aryl methyl sites for hydroxylation is 1. The molecule has 0 bridgehead atoms. The van der Waals surface area contributed by atoms with Crippen molar-refractivity contribution in [3.05, 3.63) is 64.4 Å². The summed E-state index contributed by atoms with van der Waals surface area (Å²) in [5.41, 5.74) is 2.53. The van der Waals surface area contributed by atoms with Gasteiger partial charge in [0.1, 0.15) is 0 Å². The van der Waals surface area contributed by atoms with E-state index in [9.17, 15) is 4.79 Å². The van der Waals surface area contributed by atoms with E-state index >= 15 is 0 Å². The van der Waals surface area contributed by atoms with Crippen molar-refractivity contribution in [1.82, 2.24) is 15.2 Å². The minimum Gasteiger partial charge on any atom is -0.330 e. The highest BCUT2D eigenvalue weighted by molar-refractivity contribution is 6.31. The lowest BCUT2D eigenvalue weighted by molar-refractivity contribution is 0.0642. The molecule has 1 atom stereocenters. The van der Waals surface area contributed by atoms with Crippen molar-refractivity contribution in [2.45, 2.75) is 38.8 Å². The summed E-state index contributed by atoms with van der Waals surface area (Å²) in [5.74, 6) is 0.0531. The molecule has 6 heteroatoms. The molecule has 1 amide bonds. The van der Waals surface area contributed by atoms with Gasteiger partial charge in [0.2, 0.25) is 0 Å². The monoisotopic (exact) mass is 393 g/mol. The summed E-state index contributed by atoms with van der Waals surface area (Å²) in [7, 11) is 0. The van der Waals surface area contributed by atoms with E-state index in [1.165, 1.54) is 0 Å². The van der Waals surface area contributed by atoms with E-state index in [-0.39, 0.29) is 24.4 Å². The molecular formula is C20H25Cl2N3O. The van der Waals surface area contributed by atoms with E-state index in [1.54, 1.807) is 12.3 Å². The molecule has 0 aliphatic carbocycles. The van der Waals surface area contributed by atoms with Crippen molar-refractivity contribution in [3.8, 4) is 0 Å². The van der Waals surface area contributed by atoms with Crippen LogP contribution in [0.3, 0.4) is 0 Å². The maximum atomic E-state index is 13.3. The van der Waals surface area contributed by atoms with Crippen LogP contribution in [0, 0.1) is 6.92 Å². The van der Waals surface area contributed by atoms with Crippen LogP contribution in [0.1, 0.15) is 40.9 Å². The molecule has 1 aliphatic heterocycles. The van der Waals surface area contributed by atoms with Crippen LogP contribution in [-0.2, 0) is 6.54 Å². The maximum absolute atomic E-state index is 13.3. The summed E-state index contributed by atoms with van der Waals surface area (Å²) in [4.78, 5) is 19.7. The number of halogens is 2. The van der Waals surface area contributed by atoms with Gasteiger partial charge in [-0.15, -0.1) is 12.4 Å². The quantitative estimate of drug-likeness (QED) is 0.843. The molecule has 1 N–H and O–H groups in total. The molecule has 26 heavy (non-hydrogen) atoms. The van der Waals surface area contributed by atoms with E-state index in [4.69, 9.17) is 11.6 Å². The summed E-state index contributed by atoms with van der Waals surface area (Å²) in [6.45, 7) is 4.42. The summed E-state index contributed by atoms with van der Waals surface area (Å²) >= 11 is 6.12. The van der Waals surface area contributed by atoms with Gasteiger partial charge in [0.05, 0.1) is 12.2 Å². The average molecular weight is 394 g/mol. The molecule has 3 rings (SSSR count). The highest BCUT2D eigenvalue weighted by Gasteiger charge is 2.26. The average Bonchev–Trinajstić information content (AvgIpc) is 2.91. The highest BCUT2D eigenvalue weighted by Crippen LogP contribution is 2.22. The first kappa shape index (κ1) is 20.7. The zero-order valence-corrected chi connectivity index (χ0v) is 16.5. The minimum absolute atomic E-state index is 0. The summed E-state index contributed by atoms with van der Waals surface area (Å²) in [5, 5.41) is 4.11. The van der Waals surface area contributed by atoms with Crippen molar-refractivity contribution < 1.29 is 4.79 Å². The Balaban J connectivity index is 0.00000243. The van der Waals surface area contributed by atoms with Crippen LogP contribution in [0.15, 0.2) is 42.6 Å². The molecule has 2 aromatic rings. The van der Waals surface area contributed by atoms with Crippen LogP contribution < -0.4 is 5.32 Å². The molecule has 140 valence electrons. The molecule has 2 heterocycles. The third kappa shape index (κ3) is 5.19. The number of benzene rings is 1. The smallest absolute Gasteiger partial charge is 0.254 e. The van der Waals surface area contributed by atoms with Crippen molar-refractivity contribution in [2.24, 2.45) is 0 Å². The Labute approximate surface area is 166 Å². The maximum Gasteiger partial charge on any atom is 0.254 e. The number of carbonyl (C=O) groups excluding carboxylic acids is 1. The molecule has 1 aromatic heterocycles. The fourth-order valence-corrected chi connectivity index (χ4v) is 3.41. The Bertz CT molecular complexity index is 716. The Hall–Kier alpha value is -1.62. The van der Waals surface area contributed by atoms with Gasteiger partial charge in [-0.2, -0.15) is 0 Å². The van der Waals surface area contributed by atoms with E-state index in [0.717, 1.165) is 43.6 Å². The van der Waals surface area contributed by atoms with Gasteiger partial charge in [0.15, 0.2) is 0 Å². The lowest BCUT2D eigenvalue weighted by atomic mass is 10.0. The molecular weight excluding hydrogens is 369 g/mol. The second-order valence-corrected chi connectivity index (χ2v) is 6.96. The Morgan fingerprint density at radius 3 is 2.85 bits per heavy atom. The first-order chi connectivity index (χ1) is 12.1. The van der Waals surface area contributed by atoms with Gasteiger partial charge >= 0.3 is 0 Å². The third-order valence-electron chi connectivity index (χ3n) is 4.71. The standard InChI is InChI=1S/C20H24ClN3O.ClH/c1-15-13-16(7-8-19(15)21)20(25)24(14-17-5-2-3-11-23-17)18-6-4-10-22-12-9-18;/h2-3,5,7-8,11,13,18,22H,4,6,9-10,12,14H2,1H3;1H. The van der Waals surface area contributed by atoms with Crippen LogP contribution in [0.5, 0.6) is 0 Å². The van der Waals surface area contributed by atoms with Crippen LogP contribution in [0.25, 0.3) is 0 Å². The number of rotatable bonds is 4. The summed E-state index contributed by atoms with van der Waals surface area (Å²) in [6, 6.07) is 11.6. The normalized spacial score (nSPS) is 17.1. The number of hydrogen-bond donors (Lipinski definition) is 1. The van der Waals surface area contributed by atoms with Gasteiger partial charge in [-0.25, -0.2) is 0 Å². The highest BCUT2D eigenvalue weighted by atomic mass is 35.5. The summed E-state index contributed by atoms with van der Waals surface area (Å²) < 4.78 is 0. The summed E-state index contributed by atoms with van der Waals surface area (Å²) in [6.07, 6.45) is 4.83. The number of nitrogens with zero attached hydrogens (tertiary/aromatic N) is 2. The first-order valence-electron chi connectivity index (χ1n) is 8.83. The molecule has 0 saturated carbocycles. The fraction of sp³-hybridized carbons (Fsp3) is 0.400. The minimum atomic E-state index is 0. The number of hydrogen-bond acceptors (Lipinski definition) is 3. The number of pyridine rings is 1. The predicted molar refractivity (Wildman–Crippen MR) is 108 cm³/mol. The van der Waals surface area contributed by atoms with Crippen LogP contribution in [-0.4, -0.2) is 34.9 Å². The number of nitrogens with one attached hydrogen (secondary N) is 1. The van der Waals surface area contributed by atoms with Crippen LogP contribution in [0.2, 0.25) is 5.02 Å². The van der Waals surface area contributed by atoms with Crippen molar-refractivity contribution in [3.63, 3.8) is 0 Å². The van der Waals surface area contributed by atoms with Gasteiger partial charge < -0.3 is 10.2 Å². The van der Waals surface area contributed by atoms with Crippen molar-refractivity contribution >= 4 is 29.9 Å². The van der Waals surface area contributed by atoms with E-state index in [1.807, 2.05) is 42.2 Å². The van der Waals surface area contributed by atoms with Gasteiger partial charge in [-0.3, -0.25) is 9.78 Å². The SMILES string of the molecule is Cc1cc(C(=O)N(Cc2ccccn2)C2CCCNCC2)ccc1Cl.Cl. The lowest BCUT2D eigenvalue weighted by Crippen LogP contribution is -2.40. The fourth-order valence-electron chi connectivity index (χ4n) is 3.29. The zero-order valence-electron chi connectivity index (χ0n) is 15.0. The van der Waals surface area contributed by atoms with Crippen molar-refractivity contribution in [1.29, 1.82) is 0 Å². The molecule has 1 fully saturated rings. The Morgan fingerprint density at radius 2 is 2.12 bits per heavy atom. The van der Waals surface area contributed by atoms with Gasteiger partial charge in [-0.1, -0.05) is 17.7 Å². The number of carbonyl (C=O) groups is 1. The molecule has 4 nitrogen and oxygen atoms in total.